The maximum absolute atomic E-state index is 11.9. The highest BCUT2D eigenvalue weighted by atomic mass is 35.7. The molecule has 1 aromatic rings. The van der Waals surface area contributed by atoms with Crippen molar-refractivity contribution in [1.82, 2.24) is 5.32 Å². The Morgan fingerprint density at radius 2 is 2.18 bits per heavy atom. The van der Waals surface area contributed by atoms with Crippen LogP contribution in [0.2, 0.25) is 0 Å². The first-order valence-electron chi connectivity index (χ1n) is 4.33. The molecule has 0 aliphatic carbocycles. The lowest BCUT2D eigenvalue weighted by atomic mass is 10.4. The summed E-state index contributed by atoms with van der Waals surface area (Å²) in [6.07, 6.45) is -2.66. The maximum atomic E-state index is 11.9. The lowest BCUT2D eigenvalue weighted by molar-refractivity contribution is 0.0895. The number of halogens is 3. The van der Waals surface area contributed by atoms with Crippen molar-refractivity contribution in [2.45, 2.75) is 18.2 Å². The van der Waals surface area contributed by atoms with Gasteiger partial charge in [0.2, 0.25) is 0 Å². The molecule has 1 rings (SSSR count). The third-order valence-corrected chi connectivity index (χ3v) is 4.40. The average Bonchev–Trinajstić information content (AvgIpc) is 2.56. The highest BCUT2D eigenvalue weighted by Gasteiger charge is 2.20. The lowest BCUT2D eigenvalue weighted by Gasteiger charge is -2.00. The van der Waals surface area contributed by atoms with E-state index in [9.17, 15) is 22.0 Å². The smallest absolute Gasteiger partial charge is 0.262 e. The molecule has 17 heavy (non-hydrogen) atoms. The van der Waals surface area contributed by atoms with Gasteiger partial charge in [-0.3, -0.25) is 4.79 Å². The highest BCUT2D eigenvalue weighted by Crippen LogP contribution is 2.28. The van der Waals surface area contributed by atoms with E-state index in [0.29, 0.717) is 4.88 Å². The lowest BCUT2D eigenvalue weighted by Crippen LogP contribution is -2.27. The minimum absolute atomic E-state index is 0.0300. The molecular formula is C8H8ClF2NO3S2. The third kappa shape index (κ3) is 3.90. The van der Waals surface area contributed by atoms with Gasteiger partial charge in [-0.2, -0.15) is 0 Å². The predicted molar refractivity (Wildman–Crippen MR) is 60.4 cm³/mol. The van der Waals surface area contributed by atoms with Crippen LogP contribution in [0.15, 0.2) is 11.0 Å². The molecule has 96 valence electrons. The number of thiophene rings is 1. The van der Waals surface area contributed by atoms with Gasteiger partial charge in [-0.25, -0.2) is 17.2 Å². The summed E-state index contributed by atoms with van der Waals surface area (Å²) < 4.78 is 45.9. The number of amides is 1. The zero-order valence-electron chi connectivity index (χ0n) is 8.54. The molecule has 1 aromatic heterocycles. The Kier molecular flexibility index (Phi) is 4.45. The number of carbonyl (C=O) groups excluding carboxylic acids is 1. The first kappa shape index (κ1) is 14.3. The molecule has 0 saturated heterocycles. The van der Waals surface area contributed by atoms with E-state index in [-0.39, 0.29) is 9.77 Å². The van der Waals surface area contributed by atoms with Crippen LogP contribution in [0.5, 0.6) is 0 Å². The SMILES string of the molecule is Cc1sc(C(=O)NCC(F)F)cc1S(=O)(=O)Cl. The van der Waals surface area contributed by atoms with Gasteiger partial charge in [0.1, 0.15) is 0 Å². The van der Waals surface area contributed by atoms with Gasteiger partial charge in [-0.05, 0) is 13.0 Å². The number of alkyl halides is 2. The minimum Gasteiger partial charge on any atom is -0.346 e. The minimum atomic E-state index is -3.92. The molecular weight excluding hydrogens is 296 g/mol. The van der Waals surface area contributed by atoms with Gasteiger partial charge in [0.15, 0.2) is 0 Å². The van der Waals surface area contributed by atoms with E-state index in [1.54, 1.807) is 0 Å². The molecule has 0 saturated carbocycles. The molecule has 0 aliphatic rings. The summed E-state index contributed by atoms with van der Waals surface area (Å²) >= 11 is 0.880. The van der Waals surface area contributed by atoms with E-state index >= 15 is 0 Å². The summed E-state index contributed by atoms with van der Waals surface area (Å²) in [6.45, 7) is 0.697. The monoisotopic (exact) mass is 303 g/mol. The van der Waals surface area contributed by atoms with Crippen molar-refractivity contribution in [3.63, 3.8) is 0 Å². The number of nitrogens with one attached hydrogen (secondary N) is 1. The Bertz CT molecular complexity index is 527. The van der Waals surface area contributed by atoms with Crippen LogP contribution < -0.4 is 5.32 Å². The molecule has 0 fully saturated rings. The molecule has 0 aromatic carbocycles. The average molecular weight is 304 g/mol. The van der Waals surface area contributed by atoms with Gasteiger partial charge in [0.05, 0.1) is 16.3 Å². The molecule has 0 aliphatic heterocycles. The third-order valence-electron chi connectivity index (χ3n) is 1.78. The molecule has 1 N–H and O–H groups in total. The van der Waals surface area contributed by atoms with Crippen LogP contribution in [0.25, 0.3) is 0 Å². The summed E-state index contributed by atoms with van der Waals surface area (Å²) in [5.41, 5.74) is 0. The summed E-state index contributed by atoms with van der Waals surface area (Å²) in [5.74, 6) is -0.745. The molecule has 0 spiro atoms. The fraction of sp³-hybridized carbons (Fsp3) is 0.375. The van der Waals surface area contributed by atoms with Crippen molar-refractivity contribution in [2.75, 3.05) is 6.54 Å². The van der Waals surface area contributed by atoms with Gasteiger partial charge in [0, 0.05) is 15.6 Å². The Hall–Kier alpha value is -0.730. The number of carbonyl (C=O) groups is 1. The van der Waals surface area contributed by atoms with E-state index in [1.165, 1.54) is 6.92 Å². The second-order valence-corrected chi connectivity index (χ2v) is 6.86. The van der Waals surface area contributed by atoms with Gasteiger partial charge in [-0.15, -0.1) is 11.3 Å². The van der Waals surface area contributed by atoms with Gasteiger partial charge >= 0.3 is 0 Å². The summed E-state index contributed by atoms with van der Waals surface area (Å²) in [6, 6.07) is 1.07. The quantitative estimate of drug-likeness (QED) is 0.865. The predicted octanol–water partition coefficient (Wildman–Crippen LogP) is 1.98. The van der Waals surface area contributed by atoms with Gasteiger partial charge < -0.3 is 5.32 Å². The van der Waals surface area contributed by atoms with Crippen molar-refractivity contribution in [3.05, 3.63) is 15.8 Å². The fourth-order valence-electron chi connectivity index (χ4n) is 1.08. The first-order valence-corrected chi connectivity index (χ1v) is 7.46. The molecule has 0 atom stereocenters. The highest BCUT2D eigenvalue weighted by molar-refractivity contribution is 8.13. The number of hydrogen-bond donors (Lipinski definition) is 1. The fourth-order valence-corrected chi connectivity index (χ4v) is 3.66. The second kappa shape index (κ2) is 5.28. The zero-order chi connectivity index (χ0) is 13.2. The van der Waals surface area contributed by atoms with Crippen molar-refractivity contribution in [2.24, 2.45) is 0 Å². The van der Waals surface area contributed by atoms with Gasteiger partial charge in [-0.1, -0.05) is 0 Å². The van der Waals surface area contributed by atoms with Crippen molar-refractivity contribution < 1.29 is 22.0 Å². The normalized spacial score (nSPS) is 11.8. The van der Waals surface area contributed by atoms with Crippen LogP contribution in [0.3, 0.4) is 0 Å². The van der Waals surface area contributed by atoms with Crippen molar-refractivity contribution in [3.8, 4) is 0 Å². The number of rotatable bonds is 4. The van der Waals surface area contributed by atoms with Crippen LogP contribution in [-0.2, 0) is 9.05 Å². The Morgan fingerprint density at radius 3 is 2.59 bits per heavy atom. The van der Waals surface area contributed by atoms with Crippen LogP contribution in [-0.4, -0.2) is 27.3 Å². The summed E-state index contributed by atoms with van der Waals surface area (Å²) in [5, 5.41) is 1.97. The molecule has 0 unspecified atom stereocenters. The molecule has 0 bridgehead atoms. The van der Waals surface area contributed by atoms with E-state index < -0.39 is 27.9 Å². The summed E-state index contributed by atoms with van der Waals surface area (Å²) in [4.78, 5) is 11.6. The Labute approximate surface area is 105 Å². The number of aryl methyl sites for hydroxylation is 1. The van der Waals surface area contributed by atoms with Crippen LogP contribution in [0, 0.1) is 6.92 Å². The van der Waals surface area contributed by atoms with E-state index in [2.05, 4.69) is 0 Å². The van der Waals surface area contributed by atoms with Crippen LogP contribution in [0.1, 0.15) is 14.5 Å². The molecule has 1 amide bonds. The van der Waals surface area contributed by atoms with E-state index in [0.717, 1.165) is 17.4 Å². The second-order valence-electron chi connectivity index (χ2n) is 3.07. The Balaban J connectivity index is 2.91. The Morgan fingerprint density at radius 1 is 1.59 bits per heavy atom. The maximum Gasteiger partial charge on any atom is 0.262 e. The molecule has 0 radical (unpaired) electrons. The first-order chi connectivity index (χ1) is 7.71. The standard InChI is InChI=1S/C8H8ClF2NO3S2/c1-4-6(17(9,14)15)2-5(16-4)8(13)12-3-7(10)11/h2,7H,3H2,1H3,(H,12,13). The number of hydrogen-bond acceptors (Lipinski definition) is 4. The van der Waals surface area contributed by atoms with Crippen LogP contribution in [0.4, 0.5) is 8.78 Å². The molecule has 9 heteroatoms. The molecule has 1 heterocycles. The molecule has 4 nitrogen and oxygen atoms in total. The summed E-state index contributed by atoms with van der Waals surface area (Å²) in [7, 11) is 1.21. The van der Waals surface area contributed by atoms with Crippen molar-refractivity contribution >= 4 is 37.0 Å². The van der Waals surface area contributed by atoms with Gasteiger partial charge in [0.25, 0.3) is 21.4 Å². The zero-order valence-corrected chi connectivity index (χ0v) is 10.9. The van der Waals surface area contributed by atoms with Crippen molar-refractivity contribution in [1.29, 1.82) is 0 Å². The van der Waals surface area contributed by atoms with Crippen LogP contribution >= 0.6 is 22.0 Å². The topological polar surface area (TPSA) is 63.2 Å². The van der Waals surface area contributed by atoms with E-state index in [4.69, 9.17) is 10.7 Å². The largest absolute Gasteiger partial charge is 0.346 e. The van der Waals surface area contributed by atoms with E-state index in [1.807, 2.05) is 5.32 Å².